The summed E-state index contributed by atoms with van der Waals surface area (Å²) in [6, 6.07) is 6.03. The average Bonchev–Trinajstić information content (AvgIpc) is 2.78. The molecule has 0 unspecified atom stereocenters. The van der Waals surface area contributed by atoms with Crippen LogP contribution in [0.15, 0.2) is 41.1 Å². The van der Waals surface area contributed by atoms with Crippen molar-refractivity contribution in [2.45, 2.75) is 6.54 Å². The molecule has 2 rings (SSSR count). The predicted molar refractivity (Wildman–Crippen MR) is 80.6 cm³/mol. The molecular weight excluding hydrogens is 331 g/mol. The Hall–Kier alpha value is -1.47. The summed E-state index contributed by atoms with van der Waals surface area (Å²) in [6.45, 7) is 1.36. The molecule has 0 aliphatic rings. The maximum Gasteiger partial charge on any atom is 0.170 e. The molecule has 19 heavy (non-hydrogen) atoms. The Balaban J connectivity index is 1.74. The van der Waals surface area contributed by atoms with Crippen molar-refractivity contribution in [3.63, 3.8) is 0 Å². The molecule has 4 nitrogen and oxygen atoms in total. The first-order chi connectivity index (χ1) is 9.13. The zero-order valence-corrected chi connectivity index (χ0v) is 12.3. The van der Waals surface area contributed by atoms with Gasteiger partial charge in [0.05, 0.1) is 17.2 Å². The van der Waals surface area contributed by atoms with Gasteiger partial charge in [-0.25, -0.2) is 4.39 Å². The van der Waals surface area contributed by atoms with Gasteiger partial charge in [0.2, 0.25) is 0 Å². The summed E-state index contributed by atoms with van der Waals surface area (Å²) in [7, 11) is 0. The molecule has 0 bridgehead atoms. The van der Waals surface area contributed by atoms with Gasteiger partial charge in [-0.2, -0.15) is 5.10 Å². The van der Waals surface area contributed by atoms with E-state index in [0.29, 0.717) is 18.2 Å². The van der Waals surface area contributed by atoms with E-state index in [1.165, 1.54) is 12.1 Å². The molecule has 100 valence electrons. The van der Waals surface area contributed by atoms with Gasteiger partial charge in [-0.3, -0.25) is 4.68 Å². The van der Waals surface area contributed by atoms with Crippen LogP contribution in [-0.2, 0) is 6.54 Å². The van der Waals surface area contributed by atoms with Crippen LogP contribution in [0.1, 0.15) is 0 Å². The van der Waals surface area contributed by atoms with Crippen molar-refractivity contribution in [2.24, 2.45) is 0 Å². The van der Waals surface area contributed by atoms with Gasteiger partial charge in [0.1, 0.15) is 5.82 Å². The number of nitrogens with one attached hydrogen (secondary N) is 2. The van der Waals surface area contributed by atoms with Crippen molar-refractivity contribution in [2.75, 3.05) is 11.9 Å². The zero-order valence-electron chi connectivity index (χ0n) is 9.94. The smallest absolute Gasteiger partial charge is 0.170 e. The van der Waals surface area contributed by atoms with Crippen LogP contribution >= 0.6 is 28.1 Å². The third-order valence-corrected chi connectivity index (χ3v) is 2.99. The van der Waals surface area contributed by atoms with Gasteiger partial charge in [0.25, 0.3) is 0 Å². The Bertz CT molecular complexity index is 555. The van der Waals surface area contributed by atoms with E-state index in [-0.39, 0.29) is 5.82 Å². The molecule has 0 fully saturated rings. The Labute approximate surface area is 124 Å². The fourth-order valence-corrected chi connectivity index (χ4v) is 2.00. The molecule has 0 spiro atoms. The van der Waals surface area contributed by atoms with Crippen LogP contribution in [0.5, 0.6) is 0 Å². The molecule has 0 aliphatic carbocycles. The van der Waals surface area contributed by atoms with Crippen molar-refractivity contribution >= 4 is 38.9 Å². The minimum atomic E-state index is -0.270. The van der Waals surface area contributed by atoms with E-state index in [1.807, 2.05) is 6.20 Å². The van der Waals surface area contributed by atoms with Gasteiger partial charge in [0, 0.05) is 18.4 Å². The Morgan fingerprint density at radius 3 is 2.74 bits per heavy atom. The Kier molecular flexibility index (Phi) is 4.86. The highest BCUT2D eigenvalue weighted by Crippen LogP contribution is 2.08. The lowest BCUT2D eigenvalue weighted by molar-refractivity contribution is 0.604. The highest BCUT2D eigenvalue weighted by molar-refractivity contribution is 9.10. The molecule has 0 amide bonds. The number of hydrogen-bond donors (Lipinski definition) is 2. The average molecular weight is 343 g/mol. The lowest BCUT2D eigenvalue weighted by Gasteiger charge is -2.10. The number of halogens is 2. The fourth-order valence-electron chi connectivity index (χ4n) is 1.45. The maximum atomic E-state index is 12.7. The standard InChI is InChI=1S/C12H12BrFN4S/c13-9-7-16-18(8-9)6-5-15-12(19)17-11-3-1-10(14)2-4-11/h1-4,7-8H,5-6H2,(H2,15,17,19). The lowest BCUT2D eigenvalue weighted by atomic mass is 10.3. The first-order valence-corrected chi connectivity index (χ1v) is 6.82. The molecule has 2 aromatic rings. The molecule has 7 heteroatoms. The van der Waals surface area contributed by atoms with E-state index in [1.54, 1.807) is 23.0 Å². The van der Waals surface area contributed by atoms with Crippen molar-refractivity contribution in [1.29, 1.82) is 0 Å². The quantitative estimate of drug-likeness (QED) is 0.838. The first-order valence-electron chi connectivity index (χ1n) is 5.62. The van der Waals surface area contributed by atoms with Gasteiger partial charge in [0.15, 0.2) is 5.11 Å². The van der Waals surface area contributed by atoms with E-state index in [0.717, 1.165) is 10.2 Å². The van der Waals surface area contributed by atoms with E-state index in [4.69, 9.17) is 12.2 Å². The number of hydrogen-bond acceptors (Lipinski definition) is 2. The molecule has 1 aromatic heterocycles. The molecule has 2 N–H and O–H groups in total. The van der Waals surface area contributed by atoms with Crippen LogP contribution in [0.2, 0.25) is 0 Å². The third-order valence-electron chi connectivity index (χ3n) is 2.33. The minimum Gasteiger partial charge on any atom is -0.361 e. The molecule has 0 saturated carbocycles. The summed E-state index contributed by atoms with van der Waals surface area (Å²) >= 11 is 8.47. The van der Waals surface area contributed by atoms with Gasteiger partial charge < -0.3 is 10.6 Å². The summed E-state index contributed by atoms with van der Waals surface area (Å²) in [5.41, 5.74) is 0.751. The zero-order chi connectivity index (χ0) is 13.7. The van der Waals surface area contributed by atoms with Gasteiger partial charge >= 0.3 is 0 Å². The molecule has 0 aliphatic heterocycles. The van der Waals surface area contributed by atoms with Crippen LogP contribution in [0.25, 0.3) is 0 Å². The van der Waals surface area contributed by atoms with Crippen molar-refractivity contribution in [3.8, 4) is 0 Å². The molecule has 1 aromatic carbocycles. The molecule has 1 heterocycles. The summed E-state index contributed by atoms with van der Waals surface area (Å²) < 4.78 is 15.5. The van der Waals surface area contributed by atoms with Crippen molar-refractivity contribution in [3.05, 3.63) is 46.9 Å². The normalized spacial score (nSPS) is 10.2. The number of nitrogens with zero attached hydrogens (tertiary/aromatic N) is 2. The highest BCUT2D eigenvalue weighted by Gasteiger charge is 1.99. The summed E-state index contributed by atoms with van der Waals surface area (Å²) in [6.07, 6.45) is 3.62. The summed E-state index contributed by atoms with van der Waals surface area (Å²) in [4.78, 5) is 0. The molecule has 0 atom stereocenters. The summed E-state index contributed by atoms with van der Waals surface area (Å²) in [5.74, 6) is -0.270. The SMILES string of the molecule is Fc1ccc(NC(=S)NCCn2cc(Br)cn2)cc1. The minimum absolute atomic E-state index is 0.270. The summed E-state index contributed by atoms with van der Waals surface area (Å²) in [5, 5.41) is 10.7. The third kappa shape index (κ3) is 4.60. The number of anilines is 1. The Morgan fingerprint density at radius 1 is 1.37 bits per heavy atom. The van der Waals surface area contributed by atoms with E-state index >= 15 is 0 Å². The number of rotatable bonds is 4. The topological polar surface area (TPSA) is 41.9 Å². The van der Waals surface area contributed by atoms with E-state index in [9.17, 15) is 4.39 Å². The molecular formula is C12H12BrFN4S. The Morgan fingerprint density at radius 2 is 2.11 bits per heavy atom. The van der Waals surface area contributed by atoms with E-state index in [2.05, 4.69) is 31.7 Å². The number of aromatic nitrogens is 2. The van der Waals surface area contributed by atoms with Crippen LogP contribution in [0.3, 0.4) is 0 Å². The first kappa shape index (κ1) is 14.0. The highest BCUT2D eigenvalue weighted by atomic mass is 79.9. The van der Waals surface area contributed by atoms with E-state index < -0.39 is 0 Å². The molecule has 0 radical (unpaired) electrons. The van der Waals surface area contributed by atoms with Crippen LogP contribution in [0.4, 0.5) is 10.1 Å². The largest absolute Gasteiger partial charge is 0.361 e. The number of thiocarbonyl (C=S) groups is 1. The predicted octanol–water partition coefficient (Wildman–Crippen LogP) is 2.77. The number of benzene rings is 1. The maximum absolute atomic E-state index is 12.7. The van der Waals surface area contributed by atoms with Gasteiger partial charge in [-0.1, -0.05) is 0 Å². The van der Waals surface area contributed by atoms with Gasteiger partial charge in [-0.05, 0) is 52.4 Å². The second-order valence-electron chi connectivity index (χ2n) is 3.81. The van der Waals surface area contributed by atoms with Crippen molar-refractivity contribution in [1.82, 2.24) is 15.1 Å². The fraction of sp³-hybridized carbons (Fsp3) is 0.167. The van der Waals surface area contributed by atoms with Crippen LogP contribution in [-0.4, -0.2) is 21.4 Å². The van der Waals surface area contributed by atoms with Crippen LogP contribution in [0, 0.1) is 5.82 Å². The second-order valence-corrected chi connectivity index (χ2v) is 5.13. The second kappa shape index (κ2) is 6.63. The monoisotopic (exact) mass is 342 g/mol. The van der Waals surface area contributed by atoms with Crippen molar-refractivity contribution < 1.29 is 4.39 Å². The molecule has 0 saturated heterocycles. The van der Waals surface area contributed by atoms with Crippen LogP contribution < -0.4 is 10.6 Å². The lowest BCUT2D eigenvalue weighted by Crippen LogP contribution is -2.31. The van der Waals surface area contributed by atoms with Gasteiger partial charge in [-0.15, -0.1) is 0 Å².